The van der Waals surface area contributed by atoms with Gasteiger partial charge in [0.2, 0.25) is 0 Å². The average molecular weight is 638 g/mol. The Kier molecular flexibility index (Phi) is 6.53. The van der Waals surface area contributed by atoms with Gasteiger partial charge in [-0.05, 0) is 114 Å². The lowest BCUT2D eigenvalue weighted by atomic mass is 9.83. The van der Waals surface area contributed by atoms with Crippen molar-refractivity contribution in [3.8, 4) is 44.9 Å². The topological polar surface area (TPSA) is 12.5 Å². The first-order chi connectivity index (χ1) is 24.8. The van der Waals surface area contributed by atoms with Gasteiger partial charge in [-0.25, -0.2) is 0 Å². The Morgan fingerprint density at radius 1 is 0.340 bits per heavy atom. The van der Waals surface area contributed by atoms with Crippen LogP contribution in [0.5, 0.6) is 11.5 Å². The quantitative estimate of drug-likeness (QED) is 0.178. The maximum absolute atomic E-state index is 6.28. The Balaban J connectivity index is 1.20. The van der Waals surface area contributed by atoms with Gasteiger partial charge >= 0.3 is 0 Å². The summed E-state index contributed by atoms with van der Waals surface area (Å²) in [6, 6.07) is 67.6. The molecule has 2 heteroatoms. The first-order valence-electron chi connectivity index (χ1n) is 17.1. The number of anilines is 3. The number of nitrogens with zero attached hydrogens (tertiary/aromatic N) is 1. The third kappa shape index (κ3) is 4.50. The molecule has 0 aromatic heterocycles. The molecule has 0 atom stereocenters. The molecule has 1 aliphatic rings. The van der Waals surface area contributed by atoms with Crippen LogP contribution in [0.2, 0.25) is 0 Å². The van der Waals surface area contributed by atoms with Gasteiger partial charge in [-0.1, -0.05) is 140 Å². The zero-order valence-electron chi connectivity index (χ0n) is 27.3. The van der Waals surface area contributed by atoms with Crippen molar-refractivity contribution >= 4 is 49.4 Å². The van der Waals surface area contributed by atoms with E-state index >= 15 is 0 Å². The Labute approximate surface area is 291 Å². The van der Waals surface area contributed by atoms with Crippen LogP contribution in [-0.4, -0.2) is 0 Å². The molecule has 0 N–H and O–H groups in total. The molecule has 0 spiro atoms. The van der Waals surface area contributed by atoms with Gasteiger partial charge in [-0.2, -0.15) is 0 Å². The summed E-state index contributed by atoms with van der Waals surface area (Å²) in [5.74, 6) is 1.71. The van der Waals surface area contributed by atoms with Gasteiger partial charge in [-0.3, -0.25) is 0 Å². The molecule has 9 aromatic rings. The molecular formula is C48H31NO. The van der Waals surface area contributed by atoms with Crippen molar-refractivity contribution in [2.45, 2.75) is 0 Å². The molecule has 9 aromatic carbocycles. The fourth-order valence-electron chi connectivity index (χ4n) is 7.79. The van der Waals surface area contributed by atoms with Crippen molar-refractivity contribution in [2.24, 2.45) is 0 Å². The molecule has 1 heterocycles. The molecule has 0 aliphatic carbocycles. The predicted molar refractivity (Wildman–Crippen MR) is 210 cm³/mol. The second-order valence-corrected chi connectivity index (χ2v) is 12.9. The lowest BCUT2D eigenvalue weighted by Gasteiger charge is -2.32. The molecule has 0 amide bonds. The third-order valence-electron chi connectivity index (χ3n) is 10.0. The molecule has 0 radical (unpaired) electrons. The molecule has 50 heavy (non-hydrogen) atoms. The van der Waals surface area contributed by atoms with Gasteiger partial charge in [0, 0.05) is 5.69 Å². The number of rotatable bonds is 4. The summed E-state index contributed by atoms with van der Waals surface area (Å²) < 4.78 is 6.28. The van der Waals surface area contributed by atoms with E-state index in [-0.39, 0.29) is 0 Å². The first kappa shape index (κ1) is 28.4. The van der Waals surface area contributed by atoms with Crippen LogP contribution in [0.15, 0.2) is 188 Å². The van der Waals surface area contributed by atoms with Crippen LogP contribution < -0.4 is 9.64 Å². The minimum absolute atomic E-state index is 0.853. The van der Waals surface area contributed by atoms with Gasteiger partial charge in [0.25, 0.3) is 0 Å². The van der Waals surface area contributed by atoms with Crippen LogP contribution in [0, 0.1) is 0 Å². The zero-order valence-corrected chi connectivity index (χ0v) is 27.3. The van der Waals surface area contributed by atoms with Crippen molar-refractivity contribution in [1.82, 2.24) is 0 Å². The molecular weight excluding hydrogens is 607 g/mol. The standard InChI is InChI=1S/C48H31NO/c1-2-14-32(15-3-1)41-30-34-16-4-5-17-35(34)31-42(41)48-39-20-8-6-18-37(39)47(38-19-7-9-21-40(38)48)33-26-28-36(29-27-33)49-43-22-10-12-24-45(43)50-46-25-13-11-23-44(46)49/h1-31H. The summed E-state index contributed by atoms with van der Waals surface area (Å²) in [5, 5.41) is 7.45. The second-order valence-electron chi connectivity index (χ2n) is 12.9. The molecule has 0 saturated heterocycles. The largest absolute Gasteiger partial charge is 0.453 e. The monoisotopic (exact) mass is 637 g/mol. The molecule has 0 unspecified atom stereocenters. The van der Waals surface area contributed by atoms with Gasteiger partial charge in [0.05, 0.1) is 11.4 Å². The van der Waals surface area contributed by atoms with Crippen molar-refractivity contribution in [3.63, 3.8) is 0 Å². The van der Waals surface area contributed by atoms with Crippen LogP contribution in [0.25, 0.3) is 65.7 Å². The molecule has 2 nitrogen and oxygen atoms in total. The minimum atomic E-state index is 0.853. The molecule has 0 saturated carbocycles. The number of para-hydroxylation sites is 4. The van der Waals surface area contributed by atoms with E-state index in [4.69, 9.17) is 4.74 Å². The number of ether oxygens (including phenoxy) is 1. The molecule has 10 rings (SSSR count). The van der Waals surface area contributed by atoms with Crippen molar-refractivity contribution in [3.05, 3.63) is 188 Å². The second kappa shape index (κ2) is 11.5. The number of hydrogen-bond donors (Lipinski definition) is 0. The van der Waals surface area contributed by atoms with Gasteiger partial charge in [-0.15, -0.1) is 0 Å². The molecule has 1 aliphatic heterocycles. The Morgan fingerprint density at radius 3 is 1.38 bits per heavy atom. The van der Waals surface area contributed by atoms with Crippen LogP contribution in [-0.2, 0) is 0 Å². The lowest BCUT2D eigenvalue weighted by Crippen LogP contribution is -2.15. The summed E-state index contributed by atoms with van der Waals surface area (Å²) in [6.45, 7) is 0. The van der Waals surface area contributed by atoms with E-state index < -0.39 is 0 Å². The third-order valence-corrected chi connectivity index (χ3v) is 10.0. The summed E-state index contributed by atoms with van der Waals surface area (Å²) in [7, 11) is 0. The van der Waals surface area contributed by atoms with Crippen LogP contribution >= 0.6 is 0 Å². The molecule has 234 valence electrons. The van der Waals surface area contributed by atoms with E-state index in [9.17, 15) is 0 Å². The van der Waals surface area contributed by atoms with E-state index in [1.165, 1.54) is 65.7 Å². The maximum Gasteiger partial charge on any atom is 0.151 e. The minimum Gasteiger partial charge on any atom is -0.453 e. The van der Waals surface area contributed by atoms with E-state index in [1.54, 1.807) is 0 Å². The van der Waals surface area contributed by atoms with E-state index in [1.807, 2.05) is 24.3 Å². The van der Waals surface area contributed by atoms with E-state index in [0.29, 0.717) is 0 Å². The number of fused-ring (bicyclic) bond motifs is 5. The molecule has 0 bridgehead atoms. The van der Waals surface area contributed by atoms with Crippen LogP contribution in [0.3, 0.4) is 0 Å². The van der Waals surface area contributed by atoms with Gasteiger partial charge in [0.1, 0.15) is 0 Å². The normalized spacial score (nSPS) is 12.1. The average Bonchev–Trinajstić information content (AvgIpc) is 3.19. The predicted octanol–water partition coefficient (Wildman–Crippen LogP) is 13.7. The SMILES string of the molecule is c1ccc(-c2cc3ccccc3cc2-c2c3ccccc3c(-c3ccc(N4c5ccccc5Oc5ccccc54)cc3)c3ccccc23)cc1. The highest BCUT2D eigenvalue weighted by Gasteiger charge is 2.26. The maximum atomic E-state index is 6.28. The fourth-order valence-corrected chi connectivity index (χ4v) is 7.79. The van der Waals surface area contributed by atoms with Gasteiger partial charge in [0.15, 0.2) is 11.5 Å². The van der Waals surface area contributed by atoms with Crippen molar-refractivity contribution in [2.75, 3.05) is 4.90 Å². The summed E-state index contributed by atoms with van der Waals surface area (Å²) in [6.07, 6.45) is 0. The molecule has 0 fully saturated rings. The fraction of sp³-hybridized carbons (Fsp3) is 0. The van der Waals surface area contributed by atoms with Crippen LogP contribution in [0.1, 0.15) is 0 Å². The Morgan fingerprint density at radius 2 is 0.800 bits per heavy atom. The first-order valence-corrected chi connectivity index (χ1v) is 17.1. The highest BCUT2D eigenvalue weighted by molar-refractivity contribution is 6.23. The summed E-state index contributed by atoms with van der Waals surface area (Å²) >= 11 is 0. The number of benzene rings is 9. The number of hydrogen-bond acceptors (Lipinski definition) is 2. The summed E-state index contributed by atoms with van der Waals surface area (Å²) in [4.78, 5) is 2.29. The Bertz CT molecular complexity index is 2630. The van der Waals surface area contributed by atoms with Crippen molar-refractivity contribution < 1.29 is 4.74 Å². The smallest absolute Gasteiger partial charge is 0.151 e. The van der Waals surface area contributed by atoms with Crippen LogP contribution in [0.4, 0.5) is 17.1 Å². The Hall–Kier alpha value is -6.64. The lowest BCUT2D eigenvalue weighted by molar-refractivity contribution is 0.477. The summed E-state index contributed by atoms with van der Waals surface area (Å²) in [5.41, 5.74) is 10.5. The van der Waals surface area contributed by atoms with Crippen molar-refractivity contribution in [1.29, 1.82) is 0 Å². The highest BCUT2D eigenvalue weighted by Crippen LogP contribution is 2.51. The van der Waals surface area contributed by atoms with Gasteiger partial charge < -0.3 is 9.64 Å². The van der Waals surface area contributed by atoms with E-state index in [0.717, 1.165) is 28.6 Å². The van der Waals surface area contributed by atoms with E-state index in [2.05, 4.69) is 169 Å². The zero-order chi connectivity index (χ0) is 33.0. The highest BCUT2D eigenvalue weighted by atomic mass is 16.5.